The van der Waals surface area contributed by atoms with E-state index >= 15 is 0 Å². The Morgan fingerprint density at radius 2 is 1.89 bits per heavy atom. The van der Waals surface area contributed by atoms with E-state index in [4.69, 9.17) is 0 Å². The van der Waals surface area contributed by atoms with Crippen LogP contribution in [0.25, 0.3) is 10.8 Å². The third-order valence-corrected chi connectivity index (χ3v) is 3.49. The highest BCUT2D eigenvalue weighted by Crippen LogP contribution is 2.23. The Morgan fingerprint density at radius 1 is 1.11 bits per heavy atom. The van der Waals surface area contributed by atoms with E-state index < -0.39 is 5.97 Å². The van der Waals surface area contributed by atoms with Crippen LogP contribution in [0.15, 0.2) is 36.4 Å². The van der Waals surface area contributed by atoms with Crippen molar-refractivity contribution in [3.63, 3.8) is 0 Å². The zero-order chi connectivity index (χ0) is 13.7. The predicted molar refractivity (Wildman–Crippen MR) is 78.8 cm³/mol. The summed E-state index contributed by atoms with van der Waals surface area (Å²) in [4.78, 5) is 11.2. The Balaban J connectivity index is 2.31. The largest absolute Gasteiger partial charge is 0.478 e. The van der Waals surface area contributed by atoms with Gasteiger partial charge in [0.25, 0.3) is 0 Å². The second-order valence-corrected chi connectivity index (χ2v) is 4.97. The van der Waals surface area contributed by atoms with Crippen LogP contribution in [0, 0.1) is 0 Å². The molecular formula is C17H20O2. The molecule has 0 atom stereocenters. The van der Waals surface area contributed by atoms with E-state index in [0.29, 0.717) is 5.56 Å². The minimum absolute atomic E-state index is 0.393. The molecule has 0 aromatic heterocycles. The number of rotatable bonds is 6. The zero-order valence-corrected chi connectivity index (χ0v) is 11.4. The number of carboxylic acids is 1. The molecule has 0 saturated heterocycles. The molecule has 19 heavy (non-hydrogen) atoms. The molecule has 2 aromatic rings. The molecule has 100 valence electrons. The maximum Gasteiger partial charge on any atom is 0.335 e. The van der Waals surface area contributed by atoms with Crippen LogP contribution in [0.5, 0.6) is 0 Å². The standard InChI is InChI=1S/C17H20O2/c1-2-3-4-5-8-13-11-15(17(18)19)12-14-9-6-7-10-16(13)14/h6-7,9-12H,2-5,8H2,1H3,(H,18,19). The maximum absolute atomic E-state index is 11.2. The highest BCUT2D eigenvalue weighted by Gasteiger charge is 2.08. The van der Waals surface area contributed by atoms with Crippen molar-refractivity contribution in [2.45, 2.75) is 39.0 Å². The Kier molecular flexibility index (Phi) is 4.56. The lowest BCUT2D eigenvalue weighted by atomic mass is 9.97. The highest BCUT2D eigenvalue weighted by atomic mass is 16.4. The molecule has 0 radical (unpaired) electrons. The predicted octanol–water partition coefficient (Wildman–Crippen LogP) is 4.66. The van der Waals surface area contributed by atoms with E-state index in [2.05, 4.69) is 13.0 Å². The SMILES string of the molecule is CCCCCCc1cc(C(=O)O)cc2ccccc12. The van der Waals surface area contributed by atoms with Gasteiger partial charge >= 0.3 is 5.97 Å². The fourth-order valence-corrected chi connectivity index (χ4v) is 2.46. The van der Waals surface area contributed by atoms with Crippen molar-refractivity contribution in [1.82, 2.24) is 0 Å². The molecule has 0 fully saturated rings. The lowest BCUT2D eigenvalue weighted by molar-refractivity contribution is 0.0697. The first-order chi connectivity index (χ1) is 9.22. The molecule has 0 saturated carbocycles. The average Bonchev–Trinajstić information content (AvgIpc) is 2.43. The van der Waals surface area contributed by atoms with Gasteiger partial charge in [0.05, 0.1) is 5.56 Å². The Labute approximate surface area is 114 Å². The van der Waals surface area contributed by atoms with Crippen molar-refractivity contribution in [1.29, 1.82) is 0 Å². The number of benzene rings is 2. The molecule has 1 N–H and O–H groups in total. The molecule has 0 aliphatic rings. The molecule has 2 rings (SSSR count). The summed E-state index contributed by atoms with van der Waals surface area (Å²) in [6.45, 7) is 2.19. The summed E-state index contributed by atoms with van der Waals surface area (Å²) in [5.41, 5.74) is 1.55. The molecule has 0 heterocycles. The van der Waals surface area contributed by atoms with Gasteiger partial charge in [-0.25, -0.2) is 4.79 Å². The van der Waals surface area contributed by atoms with Crippen molar-refractivity contribution in [2.24, 2.45) is 0 Å². The van der Waals surface area contributed by atoms with Gasteiger partial charge in [0.15, 0.2) is 0 Å². The molecule has 0 amide bonds. The second-order valence-electron chi connectivity index (χ2n) is 4.97. The zero-order valence-electron chi connectivity index (χ0n) is 11.4. The first-order valence-corrected chi connectivity index (χ1v) is 6.97. The summed E-state index contributed by atoms with van der Waals surface area (Å²) >= 11 is 0. The van der Waals surface area contributed by atoms with Crippen molar-refractivity contribution < 1.29 is 9.90 Å². The van der Waals surface area contributed by atoms with Gasteiger partial charge in [-0.15, -0.1) is 0 Å². The van der Waals surface area contributed by atoms with E-state index in [1.165, 1.54) is 24.6 Å². The number of fused-ring (bicyclic) bond motifs is 1. The number of aromatic carboxylic acids is 1. The molecule has 0 aliphatic heterocycles. The van der Waals surface area contributed by atoms with Crippen molar-refractivity contribution in [2.75, 3.05) is 0 Å². The molecule has 0 unspecified atom stereocenters. The normalized spacial score (nSPS) is 10.8. The summed E-state index contributed by atoms with van der Waals surface area (Å²) in [7, 11) is 0. The van der Waals surface area contributed by atoms with Gasteiger partial charge in [0.1, 0.15) is 0 Å². The molecule has 0 bridgehead atoms. The van der Waals surface area contributed by atoms with Gasteiger partial charge in [-0.2, -0.15) is 0 Å². The van der Waals surface area contributed by atoms with Gasteiger partial charge in [-0.05, 0) is 41.3 Å². The quantitative estimate of drug-likeness (QED) is 0.763. The topological polar surface area (TPSA) is 37.3 Å². The smallest absolute Gasteiger partial charge is 0.335 e. The van der Waals surface area contributed by atoms with Crippen molar-refractivity contribution in [3.05, 3.63) is 47.5 Å². The van der Waals surface area contributed by atoms with Crippen molar-refractivity contribution >= 4 is 16.7 Å². The molecule has 0 spiro atoms. The molecule has 0 aliphatic carbocycles. The number of aryl methyl sites for hydroxylation is 1. The third-order valence-electron chi connectivity index (χ3n) is 3.49. The van der Waals surface area contributed by atoms with Crippen LogP contribution in [0.1, 0.15) is 48.5 Å². The summed E-state index contributed by atoms with van der Waals surface area (Å²) in [6, 6.07) is 11.6. The van der Waals surface area contributed by atoms with Gasteiger partial charge in [0.2, 0.25) is 0 Å². The average molecular weight is 256 g/mol. The number of unbranched alkanes of at least 4 members (excludes halogenated alkanes) is 3. The first-order valence-electron chi connectivity index (χ1n) is 6.97. The lowest BCUT2D eigenvalue weighted by Crippen LogP contribution is -1.99. The monoisotopic (exact) mass is 256 g/mol. The molecular weight excluding hydrogens is 236 g/mol. The van der Waals surface area contributed by atoms with E-state index in [1.807, 2.05) is 24.3 Å². The fourth-order valence-electron chi connectivity index (χ4n) is 2.46. The second kappa shape index (κ2) is 6.37. The summed E-state index contributed by atoms with van der Waals surface area (Å²) in [6.07, 6.45) is 5.76. The summed E-state index contributed by atoms with van der Waals surface area (Å²) in [5, 5.41) is 11.4. The number of carboxylic acid groups (broad SMARTS) is 1. The van der Waals surface area contributed by atoms with Gasteiger partial charge in [0, 0.05) is 0 Å². The number of carbonyl (C=O) groups is 1. The maximum atomic E-state index is 11.2. The minimum Gasteiger partial charge on any atom is -0.478 e. The first kappa shape index (κ1) is 13.6. The van der Waals surface area contributed by atoms with Gasteiger partial charge < -0.3 is 5.11 Å². The van der Waals surface area contributed by atoms with Crippen LogP contribution in [0.3, 0.4) is 0 Å². The van der Waals surface area contributed by atoms with Crippen LogP contribution in [0.4, 0.5) is 0 Å². The van der Waals surface area contributed by atoms with Crippen LogP contribution >= 0.6 is 0 Å². The van der Waals surface area contributed by atoms with Crippen molar-refractivity contribution in [3.8, 4) is 0 Å². The van der Waals surface area contributed by atoms with Gasteiger partial charge in [-0.1, -0.05) is 50.5 Å². The fraction of sp³-hybridized carbons (Fsp3) is 0.353. The summed E-state index contributed by atoms with van der Waals surface area (Å²) in [5.74, 6) is -0.847. The molecule has 2 aromatic carbocycles. The summed E-state index contributed by atoms with van der Waals surface area (Å²) < 4.78 is 0. The number of hydrogen-bond acceptors (Lipinski definition) is 1. The van der Waals surface area contributed by atoms with E-state index in [1.54, 1.807) is 6.07 Å². The van der Waals surface area contributed by atoms with Crippen LogP contribution in [-0.4, -0.2) is 11.1 Å². The van der Waals surface area contributed by atoms with E-state index in [0.717, 1.165) is 23.8 Å². The van der Waals surface area contributed by atoms with Crippen LogP contribution < -0.4 is 0 Å². The Morgan fingerprint density at radius 3 is 2.63 bits per heavy atom. The van der Waals surface area contributed by atoms with E-state index in [-0.39, 0.29) is 0 Å². The van der Waals surface area contributed by atoms with Gasteiger partial charge in [-0.3, -0.25) is 0 Å². The molecule has 2 nitrogen and oxygen atoms in total. The lowest BCUT2D eigenvalue weighted by Gasteiger charge is -2.08. The third kappa shape index (κ3) is 3.34. The van der Waals surface area contributed by atoms with Crippen LogP contribution in [-0.2, 0) is 6.42 Å². The van der Waals surface area contributed by atoms with E-state index in [9.17, 15) is 9.90 Å². The Bertz CT molecular complexity index is 572. The molecule has 2 heteroatoms. The van der Waals surface area contributed by atoms with Crippen LogP contribution in [0.2, 0.25) is 0 Å². The minimum atomic E-state index is -0.847. The Hall–Kier alpha value is -1.83. The highest BCUT2D eigenvalue weighted by molar-refractivity contribution is 5.96. The number of hydrogen-bond donors (Lipinski definition) is 1.